The highest BCUT2D eigenvalue weighted by atomic mass is 32.2. The molecule has 1 aromatic rings. The lowest BCUT2D eigenvalue weighted by molar-refractivity contribution is -0.315. The third-order valence-corrected chi connectivity index (χ3v) is 14.9. The zero-order valence-corrected chi connectivity index (χ0v) is 40.0. The Labute approximate surface area is 373 Å². The first-order chi connectivity index (χ1) is 29.1. The SMILES string of the molecule is CC[C@H]1OC(=O)[C@H](C)[C@@H](O[C@H]2C[C@@](C)(OC)[C@@H](O)[C@H](C)O2)[C@H](C)[C@@H](OC2O[C@H](C)C[C@H](NS(=O)(=O)c3ccc(NC(C)=O)cc3)[C@H]2O)[C@](C)(O)C[C@@H](C)CN(C)[C@H](C)[C@@H](O)[C@]1(C)O. The van der Waals surface area contributed by atoms with Gasteiger partial charge in [0.2, 0.25) is 15.9 Å². The summed E-state index contributed by atoms with van der Waals surface area (Å²) in [6, 6.07) is 3.81. The molecule has 3 aliphatic rings. The van der Waals surface area contributed by atoms with Gasteiger partial charge in [0.25, 0.3) is 0 Å². The number of hydrogen-bond donors (Lipinski definition) is 7. The number of nitrogens with one attached hydrogen (secondary N) is 2. The van der Waals surface area contributed by atoms with Gasteiger partial charge >= 0.3 is 5.97 Å². The van der Waals surface area contributed by atoms with Gasteiger partial charge in [0.15, 0.2) is 12.6 Å². The Morgan fingerprint density at radius 1 is 0.952 bits per heavy atom. The number of ether oxygens (including phenoxy) is 6. The molecule has 0 bridgehead atoms. The molecule has 0 aliphatic carbocycles. The molecule has 3 fully saturated rings. The van der Waals surface area contributed by atoms with Gasteiger partial charge in [0.1, 0.15) is 30.0 Å². The Hall–Kier alpha value is -2.37. The highest BCUT2D eigenvalue weighted by Gasteiger charge is 2.53. The largest absolute Gasteiger partial charge is 0.459 e. The zero-order chi connectivity index (χ0) is 47.6. The molecule has 19 heteroatoms. The van der Waals surface area contributed by atoms with Crippen LogP contribution < -0.4 is 10.0 Å². The Balaban J connectivity index is 1.78. The summed E-state index contributed by atoms with van der Waals surface area (Å²) in [6.45, 7) is 18.4. The summed E-state index contributed by atoms with van der Waals surface area (Å²) in [5.74, 6) is -3.46. The van der Waals surface area contributed by atoms with Gasteiger partial charge < -0.3 is 64.2 Å². The number of methoxy groups -OCH3 is 1. The molecular formula is C44H75N3O15S. The topological polar surface area (TPSA) is 252 Å². The predicted octanol–water partition coefficient (Wildman–Crippen LogP) is 2.28. The number of cyclic esters (lactones) is 1. The van der Waals surface area contributed by atoms with E-state index in [1.807, 2.05) is 11.8 Å². The summed E-state index contributed by atoms with van der Waals surface area (Å²) >= 11 is 0. The molecule has 0 aromatic heterocycles. The molecule has 3 heterocycles. The van der Waals surface area contributed by atoms with Crippen molar-refractivity contribution in [1.82, 2.24) is 9.62 Å². The number of anilines is 1. The smallest absolute Gasteiger partial charge is 0.311 e. The van der Waals surface area contributed by atoms with E-state index in [0.717, 1.165) is 0 Å². The van der Waals surface area contributed by atoms with Crippen LogP contribution in [0.5, 0.6) is 0 Å². The second-order valence-electron chi connectivity index (χ2n) is 19.1. The molecule has 1 aromatic carbocycles. The zero-order valence-electron chi connectivity index (χ0n) is 39.2. The van der Waals surface area contributed by atoms with Gasteiger partial charge in [0.05, 0.1) is 52.5 Å². The Bertz CT molecular complexity index is 1790. The number of nitrogens with zero attached hydrogens (tertiary/aromatic N) is 1. The van der Waals surface area contributed by atoms with Crippen molar-refractivity contribution in [1.29, 1.82) is 0 Å². The maximum atomic E-state index is 14.4. The second-order valence-corrected chi connectivity index (χ2v) is 20.8. The van der Waals surface area contributed by atoms with Crippen molar-refractivity contribution in [3.05, 3.63) is 24.3 Å². The van der Waals surface area contributed by atoms with Gasteiger partial charge in [-0.2, -0.15) is 0 Å². The van der Waals surface area contributed by atoms with E-state index in [4.69, 9.17) is 28.4 Å². The van der Waals surface area contributed by atoms with E-state index in [2.05, 4.69) is 10.0 Å². The van der Waals surface area contributed by atoms with E-state index >= 15 is 0 Å². The molecule has 3 saturated heterocycles. The number of amides is 1. The van der Waals surface area contributed by atoms with Gasteiger partial charge in [-0.15, -0.1) is 0 Å². The monoisotopic (exact) mass is 917 g/mol. The minimum Gasteiger partial charge on any atom is -0.459 e. The molecule has 18 atom stereocenters. The van der Waals surface area contributed by atoms with Gasteiger partial charge in [-0.3, -0.25) is 9.59 Å². The van der Waals surface area contributed by atoms with Crippen LogP contribution >= 0.6 is 0 Å². The number of carbonyl (C=O) groups excluding carboxylic acids is 2. The van der Waals surface area contributed by atoms with Crippen LogP contribution in [0.2, 0.25) is 0 Å². The average molecular weight is 918 g/mol. The van der Waals surface area contributed by atoms with Crippen LogP contribution in [0.4, 0.5) is 5.69 Å². The number of aliphatic hydroxyl groups excluding tert-OH is 3. The molecule has 63 heavy (non-hydrogen) atoms. The number of likely N-dealkylation sites (N-methyl/N-ethyl adjacent to an activating group) is 1. The maximum absolute atomic E-state index is 14.4. The lowest BCUT2D eigenvalue weighted by Gasteiger charge is -2.48. The van der Waals surface area contributed by atoms with Crippen molar-refractivity contribution in [3.63, 3.8) is 0 Å². The van der Waals surface area contributed by atoms with Gasteiger partial charge in [-0.05, 0) is 105 Å². The quantitative estimate of drug-likeness (QED) is 0.166. The van der Waals surface area contributed by atoms with Crippen molar-refractivity contribution in [2.24, 2.45) is 17.8 Å². The number of aliphatic hydroxyl groups is 5. The van der Waals surface area contributed by atoms with Gasteiger partial charge in [-0.1, -0.05) is 20.8 Å². The second kappa shape index (κ2) is 21.1. The number of benzene rings is 1. The Kier molecular flexibility index (Phi) is 17.8. The van der Waals surface area contributed by atoms with Crippen LogP contribution in [-0.4, -0.2) is 162 Å². The standard InChI is InChI=1S/C44H75N3O15S/c1-14-33-44(11,54)37(50)27(6)47(12)22-23(2)20-42(9,53)39(25(4)36(26(5)40(52)60-33)61-34-21-43(10,57-13)38(51)28(7)59-34)62-41-35(49)32(19-24(3)58-41)46-63(55,56)31-17-15-30(16-18-31)45-29(8)48/h15-18,23-28,32-39,41,46,49-51,53-54H,14,19-22H2,1-13H3,(H,45,48)/t23-,24-,25+,26-,27-,28+,32+,33-,34+,35-,36+,37-,38+,39-,41?,42-,43-,44-/m1/s1. The summed E-state index contributed by atoms with van der Waals surface area (Å²) in [6.07, 6.45) is -11.2. The third kappa shape index (κ3) is 12.5. The van der Waals surface area contributed by atoms with Crippen LogP contribution in [-0.2, 0) is 48.0 Å². The fraction of sp³-hybridized carbons (Fsp3) is 0.818. The van der Waals surface area contributed by atoms with Crippen LogP contribution in [0.15, 0.2) is 29.2 Å². The third-order valence-electron chi connectivity index (χ3n) is 13.4. The fourth-order valence-electron chi connectivity index (χ4n) is 9.55. The lowest BCUT2D eigenvalue weighted by atomic mass is 9.77. The maximum Gasteiger partial charge on any atom is 0.311 e. The molecule has 362 valence electrons. The molecular weight excluding hydrogens is 843 g/mol. The van der Waals surface area contributed by atoms with E-state index in [0.29, 0.717) is 12.2 Å². The Morgan fingerprint density at radius 2 is 1.57 bits per heavy atom. The lowest BCUT2D eigenvalue weighted by Crippen LogP contribution is -2.61. The van der Waals surface area contributed by atoms with E-state index in [9.17, 15) is 43.5 Å². The number of sulfonamides is 1. The summed E-state index contributed by atoms with van der Waals surface area (Å²) in [5.41, 5.74) is -4.34. The van der Waals surface area contributed by atoms with Crippen molar-refractivity contribution in [3.8, 4) is 0 Å². The average Bonchev–Trinajstić information content (AvgIpc) is 3.19. The van der Waals surface area contributed by atoms with Crippen LogP contribution in [0.3, 0.4) is 0 Å². The first-order valence-corrected chi connectivity index (χ1v) is 23.5. The number of carbonyl (C=O) groups is 2. The number of hydrogen-bond acceptors (Lipinski definition) is 16. The van der Waals surface area contributed by atoms with E-state index in [1.54, 1.807) is 62.4 Å². The fourth-order valence-corrected chi connectivity index (χ4v) is 10.8. The number of rotatable bonds is 10. The first-order valence-electron chi connectivity index (χ1n) is 22.0. The summed E-state index contributed by atoms with van der Waals surface area (Å²) in [5, 5.41) is 61.5. The van der Waals surface area contributed by atoms with Gasteiger partial charge in [0, 0.05) is 44.6 Å². The van der Waals surface area contributed by atoms with E-state index < -0.39 is 118 Å². The van der Waals surface area contributed by atoms with Crippen LogP contribution in [0.1, 0.15) is 102 Å². The normalized spacial score (nSPS) is 43.0. The molecule has 0 saturated carbocycles. The first kappa shape index (κ1) is 53.2. The molecule has 18 nitrogen and oxygen atoms in total. The molecule has 1 amide bonds. The molecule has 7 N–H and O–H groups in total. The van der Waals surface area contributed by atoms with Crippen molar-refractivity contribution in [2.45, 2.75) is 197 Å². The summed E-state index contributed by atoms with van der Waals surface area (Å²) in [7, 11) is -0.974. The molecule has 4 rings (SSSR count). The molecule has 0 radical (unpaired) electrons. The molecule has 1 unspecified atom stereocenters. The van der Waals surface area contributed by atoms with Crippen molar-refractivity contribution in [2.75, 3.05) is 26.0 Å². The van der Waals surface area contributed by atoms with Crippen LogP contribution in [0.25, 0.3) is 0 Å². The summed E-state index contributed by atoms with van der Waals surface area (Å²) < 4.78 is 67.4. The highest BCUT2D eigenvalue weighted by Crippen LogP contribution is 2.40. The minimum absolute atomic E-state index is 0.0431. The highest BCUT2D eigenvalue weighted by molar-refractivity contribution is 7.89. The minimum atomic E-state index is -4.22. The number of esters is 1. The predicted molar refractivity (Wildman–Crippen MR) is 232 cm³/mol. The Morgan fingerprint density at radius 3 is 2.14 bits per heavy atom. The van der Waals surface area contributed by atoms with Crippen molar-refractivity contribution >= 4 is 27.6 Å². The van der Waals surface area contributed by atoms with Crippen LogP contribution in [0, 0.1) is 17.8 Å². The molecule has 0 spiro atoms. The van der Waals surface area contributed by atoms with E-state index in [1.165, 1.54) is 45.2 Å². The van der Waals surface area contributed by atoms with Gasteiger partial charge in [-0.25, -0.2) is 13.1 Å². The summed E-state index contributed by atoms with van der Waals surface area (Å²) in [4.78, 5) is 27.6. The molecule has 3 aliphatic heterocycles. The van der Waals surface area contributed by atoms with E-state index in [-0.39, 0.29) is 42.4 Å². The van der Waals surface area contributed by atoms with Crippen molar-refractivity contribution < 1.29 is 72.0 Å².